The van der Waals surface area contributed by atoms with Crippen LogP contribution in [0.15, 0.2) is 36.5 Å². The van der Waals surface area contributed by atoms with Crippen molar-refractivity contribution in [3.05, 3.63) is 42.4 Å². The van der Waals surface area contributed by atoms with Crippen LogP contribution in [0, 0.1) is 5.92 Å². The monoisotopic (exact) mass is 163 g/mol. The largest absolute Gasteiger partial charge is 0.0916 e. The molecule has 0 aliphatic carbocycles. The molecule has 0 bridgehead atoms. The summed E-state index contributed by atoms with van der Waals surface area (Å²) in [6.45, 7) is 6.18. The minimum Gasteiger partial charge on any atom is -0.0916 e. The van der Waals surface area contributed by atoms with Crippen LogP contribution in [0.1, 0.15) is 33.6 Å². The second-order valence-corrected chi connectivity index (χ2v) is 2.70. The van der Waals surface area contributed by atoms with Crippen LogP contribution < -0.4 is 0 Å². The molecule has 0 N–H and O–H groups in total. The Hall–Kier alpha value is -0.780. The maximum Gasteiger partial charge on any atom is 0.00473 e. The molecule has 1 radical (unpaired) electrons. The van der Waals surface area contributed by atoms with Gasteiger partial charge in [-0.1, -0.05) is 36.5 Å². The maximum atomic E-state index is 2.19. The van der Waals surface area contributed by atoms with E-state index in [1.807, 2.05) is 0 Å². The summed E-state index contributed by atoms with van der Waals surface area (Å²) >= 11 is 0. The Morgan fingerprint density at radius 3 is 1.67 bits per heavy atom. The van der Waals surface area contributed by atoms with Gasteiger partial charge in [0, 0.05) is 5.92 Å². The highest BCUT2D eigenvalue weighted by molar-refractivity contribution is 5.15. The van der Waals surface area contributed by atoms with Crippen LogP contribution in [0.4, 0.5) is 0 Å². The normalized spacial score (nSPS) is 13.0. The SMILES string of the molecule is CC=CC[C](C=CC)CC=CC. The van der Waals surface area contributed by atoms with Gasteiger partial charge in [0.1, 0.15) is 0 Å². The van der Waals surface area contributed by atoms with Gasteiger partial charge in [-0.2, -0.15) is 0 Å². The van der Waals surface area contributed by atoms with E-state index in [1.165, 1.54) is 5.92 Å². The molecule has 67 valence electrons. The highest BCUT2D eigenvalue weighted by Crippen LogP contribution is 2.14. The zero-order valence-electron chi connectivity index (χ0n) is 8.38. The average Bonchev–Trinajstić information content (AvgIpc) is 2.10. The minimum absolute atomic E-state index is 1.07. The van der Waals surface area contributed by atoms with Crippen LogP contribution in [0.3, 0.4) is 0 Å². The lowest BCUT2D eigenvalue weighted by Crippen LogP contribution is -1.88. The first-order valence-corrected chi connectivity index (χ1v) is 4.54. The quantitative estimate of drug-likeness (QED) is 0.536. The van der Waals surface area contributed by atoms with Gasteiger partial charge in [0.25, 0.3) is 0 Å². The Balaban J connectivity index is 3.85. The van der Waals surface area contributed by atoms with E-state index in [0.29, 0.717) is 0 Å². The summed E-state index contributed by atoms with van der Waals surface area (Å²) in [5, 5.41) is 0. The molecule has 0 aliphatic rings. The summed E-state index contributed by atoms with van der Waals surface area (Å²) in [7, 11) is 0. The summed E-state index contributed by atoms with van der Waals surface area (Å²) in [4.78, 5) is 0. The molecular formula is C12H19. The van der Waals surface area contributed by atoms with Crippen molar-refractivity contribution >= 4 is 0 Å². The molecule has 0 amide bonds. The van der Waals surface area contributed by atoms with E-state index in [-0.39, 0.29) is 0 Å². The van der Waals surface area contributed by atoms with E-state index in [2.05, 4.69) is 57.2 Å². The molecule has 0 nitrogen and oxygen atoms in total. The summed E-state index contributed by atoms with van der Waals surface area (Å²) in [6.07, 6.45) is 15.0. The van der Waals surface area contributed by atoms with E-state index in [0.717, 1.165) is 12.8 Å². The summed E-state index contributed by atoms with van der Waals surface area (Å²) in [5.74, 6) is 1.47. The van der Waals surface area contributed by atoms with Crippen LogP contribution >= 0.6 is 0 Å². The molecule has 0 aliphatic heterocycles. The maximum absolute atomic E-state index is 2.19. The second kappa shape index (κ2) is 8.32. The molecule has 0 heteroatoms. The van der Waals surface area contributed by atoms with Crippen molar-refractivity contribution in [2.24, 2.45) is 0 Å². The Kier molecular flexibility index (Phi) is 7.78. The minimum atomic E-state index is 1.07. The average molecular weight is 163 g/mol. The Labute approximate surface area is 76.7 Å². The van der Waals surface area contributed by atoms with Crippen molar-refractivity contribution < 1.29 is 0 Å². The summed E-state index contributed by atoms with van der Waals surface area (Å²) in [5.41, 5.74) is 0. The molecule has 0 aromatic rings. The molecule has 0 spiro atoms. The van der Waals surface area contributed by atoms with Gasteiger partial charge in [0.05, 0.1) is 0 Å². The van der Waals surface area contributed by atoms with E-state index >= 15 is 0 Å². The van der Waals surface area contributed by atoms with Gasteiger partial charge in [0.2, 0.25) is 0 Å². The molecular weight excluding hydrogens is 144 g/mol. The van der Waals surface area contributed by atoms with Crippen LogP contribution in [-0.4, -0.2) is 0 Å². The van der Waals surface area contributed by atoms with Crippen LogP contribution in [0.5, 0.6) is 0 Å². The lowest BCUT2D eigenvalue weighted by atomic mass is 10.0. The molecule has 0 atom stereocenters. The van der Waals surface area contributed by atoms with Gasteiger partial charge in [0.15, 0.2) is 0 Å². The first-order chi connectivity index (χ1) is 5.85. The first-order valence-electron chi connectivity index (χ1n) is 4.54. The number of hydrogen-bond acceptors (Lipinski definition) is 0. The molecule has 0 aromatic heterocycles. The predicted molar refractivity (Wildman–Crippen MR) is 56.9 cm³/mol. The smallest absolute Gasteiger partial charge is 0.00473 e. The third kappa shape index (κ3) is 5.96. The van der Waals surface area contributed by atoms with Gasteiger partial charge < -0.3 is 0 Å². The molecule has 12 heavy (non-hydrogen) atoms. The zero-order valence-corrected chi connectivity index (χ0v) is 8.38. The molecule has 0 saturated heterocycles. The molecule has 0 heterocycles. The highest BCUT2D eigenvalue weighted by atomic mass is 14.0. The zero-order chi connectivity index (χ0) is 9.23. The summed E-state index contributed by atoms with van der Waals surface area (Å²) in [6, 6.07) is 0. The second-order valence-electron chi connectivity index (χ2n) is 2.70. The first kappa shape index (κ1) is 11.2. The van der Waals surface area contributed by atoms with Gasteiger partial charge >= 0.3 is 0 Å². The molecule has 0 rings (SSSR count). The van der Waals surface area contributed by atoms with Gasteiger partial charge in [-0.05, 0) is 33.6 Å². The van der Waals surface area contributed by atoms with Crippen molar-refractivity contribution in [3.8, 4) is 0 Å². The van der Waals surface area contributed by atoms with E-state index in [4.69, 9.17) is 0 Å². The van der Waals surface area contributed by atoms with E-state index < -0.39 is 0 Å². The number of hydrogen-bond donors (Lipinski definition) is 0. The fourth-order valence-corrected chi connectivity index (χ4v) is 0.994. The van der Waals surface area contributed by atoms with Gasteiger partial charge in [-0.25, -0.2) is 0 Å². The van der Waals surface area contributed by atoms with E-state index in [1.54, 1.807) is 0 Å². The lowest BCUT2D eigenvalue weighted by molar-refractivity contribution is 0.973. The summed E-state index contributed by atoms with van der Waals surface area (Å²) < 4.78 is 0. The fraction of sp³-hybridized carbons (Fsp3) is 0.417. The van der Waals surface area contributed by atoms with Gasteiger partial charge in [-0.3, -0.25) is 0 Å². The van der Waals surface area contributed by atoms with Crippen molar-refractivity contribution in [2.45, 2.75) is 33.6 Å². The number of rotatable bonds is 5. The van der Waals surface area contributed by atoms with Crippen molar-refractivity contribution in [1.82, 2.24) is 0 Å². The Morgan fingerprint density at radius 1 is 0.833 bits per heavy atom. The molecule has 0 aromatic carbocycles. The molecule has 0 fully saturated rings. The standard InChI is InChI=1S/C12H19/c1-4-7-10-12(9-6-3)11-8-5-2/h4-9H,10-11H2,1-3H3. The topological polar surface area (TPSA) is 0 Å². The third-order valence-corrected chi connectivity index (χ3v) is 1.63. The van der Waals surface area contributed by atoms with Crippen molar-refractivity contribution in [3.63, 3.8) is 0 Å². The fourth-order valence-electron chi connectivity index (χ4n) is 0.994. The number of allylic oxidation sites excluding steroid dienone is 6. The van der Waals surface area contributed by atoms with Crippen molar-refractivity contribution in [2.75, 3.05) is 0 Å². The Morgan fingerprint density at radius 2 is 1.33 bits per heavy atom. The van der Waals surface area contributed by atoms with Crippen LogP contribution in [-0.2, 0) is 0 Å². The third-order valence-electron chi connectivity index (χ3n) is 1.63. The Bertz CT molecular complexity index is 147. The van der Waals surface area contributed by atoms with E-state index in [9.17, 15) is 0 Å². The predicted octanol–water partition coefficient (Wildman–Crippen LogP) is 4.07. The van der Waals surface area contributed by atoms with Crippen LogP contribution in [0.2, 0.25) is 0 Å². The van der Waals surface area contributed by atoms with Gasteiger partial charge in [-0.15, -0.1) is 0 Å². The lowest BCUT2D eigenvalue weighted by Gasteiger charge is -2.04. The molecule has 0 unspecified atom stereocenters. The van der Waals surface area contributed by atoms with Crippen molar-refractivity contribution in [1.29, 1.82) is 0 Å². The molecule has 0 saturated carbocycles. The van der Waals surface area contributed by atoms with Crippen LogP contribution in [0.25, 0.3) is 0 Å². The highest BCUT2D eigenvalue weighted by Gasteiger charge is 1.98.